The van der Waals surface area contributed by atoms with Crippen molar-refractivity contribution in [2.75, 3.05) is 13.1 Å². The first-order valence-corrected chi connectivity index (χ1v) is 7.75. The monoisotopic (exact) mass is 264 g/mol. The molecular formula is C14H20N2OS. The molecule has 2 aliphatic heterocycles. The second-order valence-corrected chi connectivity index (χ2v) is 6.37. The molecule has 0 unspecified atom stereocenters. The summed E-state index contributed by atoms with van der Waals surface area (Å²) in [6.45, 7) is 3.33. The second-order valence-electron chi connectivity index (χ2n) is 5.59. The summed E-state index contributed by atoms with van der Waals surface area (Å²) in [5.41, 5.74) is 1.55. The molecule has 3 nitrogen and oxygen atoms in total. The van der Waals surface area contributed by atoms with Crippen LogP contribution in [0.3, 0.4) is 0 Å². The van der Waals surface area contributed by atoms with Crippen molar-refractivity contribution < 1.29 is 4.79 Å². The second kappa shape index (κ2) is 5.02. The van der Waals surface area contributed by atoms with Gasteiger partial charge in [0.05, 0.1) is 0 Å². The molecule has 0 aliphatic carbocycles. The zero-order chi connectivity index (χ0) is 12.4. The van der Waals surface area contributed by atoms with Crippen molar-refractivity contribution in [2.24, 2.45) is 0 Å². The Balaban J connectivity index is 1.60. The summed E-state index contributed by atoms with van der Waals surface area (Å²) in [5, 5.41) is 7.60. The highest BCUT2D eigenvalue weighted by Crippen LogP contribution is 2.31. The number of amides is 1. The number of rotatable bonds is 2. The number of thiophene rings is 1. The summed E-state index contributed by atoms with van der Waals surface area (Å²) in [4.78, 5) is 14.0. The molecule has 1 N–H and O–H groups in total. The van der Waals surface area contributed by atoms with E-state index in [1.165, 1.54) is 12.0 Å². The van der Waals surface area contributed by atoms with Gasteiger partial charge in [-0.05, 0) is 54.6 Å². The van der Waals surface area contributed by atoms with Crippen LogP contribution in [0.25, 0.3) is 0 Å². The van der Waals surface area contributed by atoms with E-state index in [0.717, 1.165) is 45.3 Å². The zero-order valence-electron chi connectivity index (χ0n) is 10.7. The van der Waals surface area contributed by atoms with Crippen LogP contribution in [0.2, 0.25) is 0 Å². The van der Waals surface area contributed by atoms with Crippen molar-refractivity contribution in [3.05, 3.63) is 22.4 Å². The molecule has 2 saturated heterocycles. The Morgan fingerprint density at radius 2 is 2.28 bits per heavy atom. The number of hydrogen-bond acceptors (Lipinski definition) is 3. The summed E-state index contributed by atoms with van der Waals surface area (Å²) in [5.74, 6) is 0.251. The van der Waals surface area contributed by atoms with E-state index in [0.29, 0.717) is 0 Å². The molecule has 1 aromatic heterocycles. The lowest BCUT2D eigenvalue weighted by molar-refractivity contribution is -0.119. The molecular weight excluding hydrogens is 244 g/mol. The van der Waals surface area contributed by atoms with Gasteiger partial charge in [-0.15, -0.1) is 0 Å². The zero-order valence-corrected chi connectivity index (χ0v) is 11.5. The standard InChI is InChI=1S/C14H20N2OS/c17-13-2-5-14(15-13)4-1-7-16(8-6-14)10-12-3-9-18-11-12/h3,9,11H,1-2,4-8,10H2,(H,15,17)/t14-/m1/s1. The summed E-state index contributed by atoms with van der Waals surface area (Å²) >= 11 is 1.77. The Labute approximate surface area is 112 Å². The van der Waals surface area contributed by atoms with Gasteiger partial charge >= 0.3 is 0 Å². The fraction of sp³-hybridized carbons (Fsp3) is 0.643. The Hall–Kier alpha value is -0.870. The third kappa shape index (κ3) is 2.59. The van der Waals surface area contributed by atoms with Gasteiger partial charge in [0.25, 0.3) is 0 Å². The van der Waals surface area contributed by atoms with E-state index in [4.69, 9.17) is 0 Å². The van der Waals surface area contributed by atoms with Gasteiger partial charge in [-0.1, -0.05) is 0 Å². The Kier molecular flexibility index (Phi) is 3.39. The molecule has 2 aliphatic rings. The molecule has 1 aromatic rings. The van der Waals surface area contributed by atoms with Gasteiger partial charge in [-0.25, -0.2) is 0 Å². The van der Waals surface area contributed by atoms with Crippen LogP contribution in [0.4, 0.5) is 0 Å². The molecule has 18 heavy (non-hydrogen) atoms. The van der Waals surface area contributed by atoms with Crippen molar-refractivity contribution in [3.8, 4) is 0 Å². The maximum absolute atomic E-state index is 11.4. The Bertz CT molecular complexity index is 417. The van der Waals surface area contributed by atoms with Crippen LogP contribution in [0.5, 0.6) is 0 Å². The minimum absolute atomic E-state index is 0.125. The summed E-state index contributed by atoms with van der Waals surface area (Å²) in [6, 6.07) is 2.21. The highest BCUT2D eigenvalue weighted by Gasteiger charge is 2.38. The molecule has 3 rings (SSSR count). The summed E-state index contributed by atoms with van der Waals surface area (Å²) < 4.78 is 0. The van der Waals surface area contributed by atoms with Crippen molar-refractivity contribution in [3.63, 3.8) is 0 Å². The molecule has 0 radical (unpaired) electrons. The lowest BCUT2D eigenvalue weighted by Gasteiger charge is -2.27. The Morgan fingerprint density at radius 1 is 1.33 bits per heavy atom. The van der Waals surface area contributed by atoms with Crippen LogP contribution in [-0.4, -0.2) is 29.4 Å². The third-order valence-corrected chi connectivity index (χ3v) is 4.99. The van der Waals surface area contributed by atoms with Crippen LogP contribution in [-0.2, 0) is 11.3 Å². The minimum Gasteiger partial charge on any atom is -0.351 e. The molecule has 0 bridgehead atoms. The van der Waals surface area contributed by atoms with Crippen molar-refractivity contribution >= 4 is 17.2 Å². The van der Waals surface area contributed by atoms with Gasteiger partial charge in [0, 0.05) is 25.0 Å². The van der Waals surface area contributed by atoms with Crippen LogP contribution >= 0.6 is 11.3 Å². The fourth-order valence-corrected chi connectivity index (χ4v) is 3.86. The number of carbonyl (C=O) groups is 1. The van der Waals surface area contributed by atoms with Crippen molar-refractivity contribution in [2.45, 2.75) is 44.2 Å². The van der Waals surface area contributed by atoms with E-state index in [1.54, 1.807) is 11.3 Å². The predicted octanol–water partition coefficient (Wildman–Crippen LogP) is 2.38. The molecule has 1 spiro atoms. The highest BCUT2D eigenvalue weighted by molar-refractivity contribution is 7.07. The summed E-state index contributed by atoms with van der Waals surface area (Å²) in [7, 11) is 0. The van der Waals surface area contributed by atoms with Crippen LogP contribution in [0.1, 0.15) is 37.7 Å². The third-order valence-electron chi connectivity index (χ3n) is 4.26. The van der Waals surface area contributed by atoms with Gasteiger partial charge in [-0.3, -0.25) is 9.69 Å². The smallest absolute Gasteiger partial charge is 0.220 e. The van der Waals surface area contributed by atoms with E-state index < -0.39 is 0 Å². The van der Waals surface area contributed by atoms with E-state index in [-0.39, 0.29) is 11.4 Å². The molecule has 0 saturated carbocycles. The van der Waals surface area contributed by atoms with Crippen LogP contribution < -0.4 is 5.32 Å². The molecule has 4 heteroatoms. The quantitative estimate of drug-likeness (QED) is 0.889. The lowest BCUT2D eigenvalue weighted by atomic mass is 9.89. The first kappa shape index (κ1) is 12.2. The number of carbonyl (C=O) groups excluding carboxylic acids is 1. The number of likely N-dealkylation sites (tertiary alicyclic amines) is 1. The van der Waals surface area contributed by atoms with Gasteiger partial charge < -0.3 is 5.32 Å². The van der Waals surface area contributed by atoms with E-state index in [2.05, 4.69) is 27.0 Å². The maximum Gasteiger partial charge on any atom is 0.220 e. The van der Waals surface area contributed by atoms with Crippen molar-refractivity contribution in [1.82, 2.24) is 10.2 Å². The van der Waals surface area contributed by atoms with Gasteiger partial charge in [0.2, 0.25) is 5.91 Å². The fourth-order valence-electron chi connectivity index (χ4n) is 3.20. The SMILES string of the molecule is O=C1CC[C@@]2(CCCN(Cc3ccsc3)CC2)N1. The molecule has 98 valence electrons. The van der Waals surface area contributed by atoms with E-state index >= 15 is 0 Å². The number of hydrogen-bond donors (Lipinski definition) is 1. The first-order chi connectivity index (χ1) is 8.76. The highest BCUT2D eigenvalue weighted by atomic mass is 32.1. The minimum atomic E-state index is 0.125. The van der Waals surface area contributed by atoms with Crippen LogP contribution in [0, 0.1) is 0 Å². The number of nitrogens with zero attached hydrogens (tertiary/aromatic N) is 1. The summed E-state index contributed by atoms with van der Waals surface area (Å²) in [6.07, 6.45) is 5.23. The molecule has 2 fully saturated rings. The largest absolute Gasteiger partial charge is 0.351 e. The van der Waals surface area contributed by atoms with E-state index in [9.17, 15) is 4.79 Å². The van der Waals surface area contributed by atoms with Gasteiger partial charge in [-0.2, -0.15) is 11.3 Å². The normalized spacial score (nSPS) is 29.4. The first-order valence-electron chi connectivity index (χ1n) is 6.80. The van der Waals surface area contributed by atoms with Gasteiger partial charge in [0.15, 0.2) is 0 Å². The predicted molar refractivity (Wildman–Crippen MR) is 73.6 cm³/mol. The molecule has 1 atom stereocenters. The Morgan fingerprint density at radius 3 is 3.00 bits per heavy atom. The van der Waals surface area contributed by atoms with Crippen molar-refractivity contribution in [1.29, 1.82) is 0 Å². The number of nitrogens with one attached hydrogen (secondary N) is 1. The topological polar surface area (TPSA) is 32.3 Å². The molecule has 0 aromatic carbocycles. The van der Waals surface area contributed by atoms with Gasteiger partial charge in [0.1, 0.15) is 0 Å². The maximum atomic E-state index is 11.4. The molecule has 3 heterocycles. The molecule has 1 amide bonds. The average molecular weight is 264 g/mol. The average Bonchev–Trinajstić information content (AvgIpc) is 2.92. The van der Waals surface area contributed by atoms with E-state index in [1.807, 2.05) is 0 Å². The lowest BCUT2D eigenvalue weighted by Crippen LogP contribution is -2.42. The van der Waals surface area contributed by atoms with Crippen LogP contribution in [0.15, 0.2) is 16.8 Å².